The van der Waals surface area contributed by atoms with E-state index in [-0.39, 0.29) is 11.8 Å². The predicted octanol–water partition coefficient (Wildman–Crippen LogP) is 1.99. The zero-order valence-corrected chi connectivity index (χ0v) is 15.8. The van der Waals surface area contributed by atoms with E-state index in [2.05, 4.69) is 5.10 Å². The van der Waals surface area contributed by atoms with Crippen molar-refractivity contribution in [1.29, 1.82) is 0 Å². The standard InChI is InChI=1S/C18H21ClN4O3/c1-12-15(16(19)21(2)20-12)18(25)23-9-7-22(8-10-23)17(24)13-5-4-6-14(11-13)26-3/h4-6,11H,7-10H2,1-3H3. The second-order valence-corrected chi connectivity index (χ2v) is 6.55. The number of piperazine rings is 1. The van der Waals surface area contributed by atoms with Gasteiger partial charge in [-0.3, -0.25) is 14.3 Å². The summed E-state index contributed by atoms with van der Waals surface area (Å²) in [5, 5.41) is 4.52. The summed E-state index contributed by atoms with van der Waals surface area (Å²) in [7, 11) is 3.27. The van der Waals surface area contributed by atoms with Gasteiger partial charge in [-0.05, 0) is 25.1 Å². The van der Waals surface area contributed by atoms with Crippen LogP contribution < -0.4 is 4.74 Å². The molecule has 0 unspecified atom stereocenters. The molecular weight excluding hydrogens is 356 g/mol. The van der Waals surface area contributed by atoms with Gasteiger partial charge in [0.05, 0.1) is 18.4 Å². The largest absolute Gasteiger partial charge is 0.497 e. The van der Waals surface area contributed by atoms with Gasteiger partial charge in [-0.15, -0.1) is 0 Å². The molecule has 0 bridgehead atoms. The summed E-state index contributed by atoms with van der Waals surface area (Å²) >= 11 is 6.19. The predicted molar refractivity (Wildman–Crippen MR) is 97.8 cm³/mol. The van der Waals surface area contributed by atoms with Crippen LogP contribution >= 0.6 is 11.6 Å². The van der Waals surface area contributed by atoms with E-state index in [0.29, 0.717) is 53.9 Å². The van der Waals surface area contributed by atoms with Crippen molar-refractivity contribution >= 4 is 23.4 Å². The zero-order valence-electron chi connectivity index (χ0n) is 15.0. The lowest BCUT2D eigenvalue weighted by Crippen LogP contribution is -2.50. The lowest BCUT2D eigenvalue weighted by molar-refractivity contribution is 0.0535. The van der Waals surface area contributed by atoms with Gasteiger partial charge in [0.25, 0.3) is 11.8 Å². The molecule has 8 heteroatoms. The number of hydrogen-bond acceptors (Lipinski definition) is 4. The Labute approximate surface area is 157 Å². The number of aromatic nitrogens is 2. The van der Waals surface area contributed by atoms with E-state index in [4.69, 9.17) is 16.3 Å². The molecule has 0 radical (unpaired) electrons. The molecule has 138 valence electrons. The van der Waals surface area contributed by atoms with Gasteiger partial charge in [-0.1, -0.05) is 17.7 Å². The molecule has 0 atom stereocenters. The number of hydrogen-bond donors (Lipinski definition) is 0. The summed E-state index contributed by atoms with van der Waals surface area (Å²) < 4.78 is 6.66. The SMILES string of the molecule is COc1cccc(C(=O)N2CCN(C(=O)c3c(C)nn(C)c3Cl)CC2)c1. The Kier molecular flexibility index (Phi) is 5.18. The highest BCUT2D eigenvalue weighted by Gasteiger charge is 2.29. The molecular formula is C18H21ClN4O3. The second kappa shape index (κ2) is 7.37. The smallest absolute Gasteiger partial charge is 0.259 e. The molecule has 1 saturated heterocycles. The number of nitrogens with zero attached hydrogens (tertiary/aromatic N) is 4. The summed E-state index contributed by atoms with van der Waals surface area (Å²) in [6.07, 6.45) is 0. The van der Waals surface area contributed by atoms with Gasteiger partial charge >= 0.3 is 0 Å². The molecule has 2 aromatic rings. The Bertz CT molecular complexity index is 841. The normalized spacial score (nSPS) is 14.5. The van der Waals surface area contributed by atoms with E-state index in [1.165, 1.54) is 4.68 Å². The molecule has 2 heterocycles. The van der Waals surface area contributed by atoms with Crippen molar-refractivity contribution < 1.29 is 14.3 Å². The third kappa shape index (κ3) is 3.39. The Morgan fingerprint density at radius 1 is 1.12 bits per heavy atom. The second-order valence-electron chi connectivity index (χ2n) is 6.19. The van der Waals surface area contributed by atoms with Crippen LogP contribution in [0.15, 0.2) is 24.3 Å². The van der Waals surface area contributed by atoms with Crippen LogP contribution in [0, 0.1) is 6.92 Å². The third-order valence-electron chi connectivity index (χ3n) is 4.54. The molecule has 3 rings (SSSR count). The maximum absolute atomic E-state index is 12.8. The minimum Gasteiger partial charge on any atom is -0.497 e. The van der Waals surface area contributed by atoms with Crippen molar-refractivity contribution in [3.05, 3.63) is 46.2 Å². The summed E-state index contributed by atoms with van der Waals surface area (Å²) in [5.74, 6) is 0.437. The highest BCUT2D eigenvalue weighted by atomic mass is 35.5. The number of amides is 2. The number of ether oxygens (including phenoxy) is 1. The van der Waals surface area contributed by atoms with E-state index in [1.807, 2.05) is 0 Å². The van der Waals surface area contributed by atoms with Crippen LogP contribution in [0.3, 0.4) is 0 Å². The lowest BCUT2D eigenvalue weighted by atomic mass is 10.1. The fourth-order valence-electron chi connectivity index (χ4n) is 3.08. The third-order valence-corrected chi connectivity index (χ3v) is 4.97. The fraction of sp³-hybridized carbons (Fsp3) is 0.389. The molecule has 1 aliphatic heterocycles. The summed E-state index contributed by atoms with van der Waals surface area (Å²) in [6.45, 7) is 3.62. The molecule has 1 aliphatic rings. The molecule has 1 fully saturated rings. The zero-order chi connectivity index (χ0) is 18.8. The number of methoxy groups -OCH3 is 1. The van der Waals surface area contributed by atoms with Gasteiger partial charge in [-0.2, -0.15) is 5.10 Å². The van der Waals surface area contributed by atoms with Crippen LogP contribution in [-0.4, -0.2) is 64.7 Å². The molecule has 1 aromatic carbocycles. The van der Waals surface area contributed by atoms with Gasteiger partial charge in [0.1, 0.15) is 10.9 Å². The molecule has 7 nitrogen and oxygen atoms in total. The number of carbonyl (C=O) groups excluding carboxylic acids is 2. The monoisotopic (exact) mass is 376 g/mol. The van der Waals surface area contributed by atoms with Crippen molar-refractivity contribution in [2.75, 3.05) is 33.3 Å². The van der Waals surface area contributed by atoms with Crippen molar-refractivity contribution in [3.63, 3.8) is 0 Å². The summed E-state index contributed by atoms with van der Waals surface area (Å²) in [5.41, 5.74) is 1.62. The Hall–Kier alpha value is -2.54. The number of aryl methyl sites for hydroxylation is 2. The van der Waals surface area contributed by atoms with Gasteiger partial charge < -0.3 is 14.5 Å². The van der Waals surface area contributed by atoms with Crippen molar-refractivity contribution in [2.24, 2.45) is 7.05 Å². The van der Waals surface area contributed by atoms with Crippen LogP contribution in [-0.2, 0) is 7.05 Å². The summed E-state index contributed by atoms with van der Waals surface area (Å²) in [6, 6.07) is 7.08. The fourth-order valence-corrected chi connectivity index (χ4v) is 3.34. The van der Waals surface area contributed by atoms with Gasteiger partial charge in [0.15, 0.2) is 0 Å². The average molecular weight is 377 g/mol. The van der Waals surface area contributed by atoms with Crippen molar-refractivity contribution in [1.82, 2.24) is 19.6 Å². The molecule has 1 aromatic heterocycles. The van der Waals surface area contributed by atoms with E-state index in [9.17, 15) is 9.59 Å². The molecule has 0 N–H and O–H groups in total. The van der Waals surface area contributed by atoms with Gasteiger partial charge in [-0.25, -0.2) is 0 Å². The number of rotatable bonds is 3. The first-order chi connectivity index (χ1) is 12.4. The van der Waals surface area contributed by atoms with E-state index in [1.54, 1.807) is 55.1 Å². The first-order valence-corrected chi connectivity index (χ1v) is 8.72. The molecule has 26 heavy (non-hydrogen) atoms. The topological polar surface area (TPSA) is 67.7 Å². The van der Waals surface area contributed by atoms with Crippen molar-refractivity contribution in [2.45, 2.75) is 6.92 Å². The number of carbonyl (C=O) groups is 2. The number of halogens is 1. The Morgan fingerprint density at radius 2 is 1.73 bits per heavy atom. The average Bonchev–Trinajstić information content (AvgIpc) is 2.92. The first-order valence-electron chi connectivity index (χ1n) is 8.34. The highest BCUT2D eigenvalue weighted by molar-refractivity contribution is 6.33. The van der Waals surface area contributed by atoms with Crippen LogP contribution in [0.1, 0.15) is 26.4 Å². The van der Waals surface area contributed by atoms with Crippen LogP contribution in [0.25, 0.3) is 0 Å². The lowest BCUT2D eigenvalue weighted by Gasteiger charge is -2.34. The Balaban J connectivity index is 1.67. The Morgan fingerprint density at radius 3 is 2.27 bits per heavy atom. The maximum atomic E-state index is 12.8. The minimum atomic E-state index is -0.144. The van der Waals surface area contributed by atoms with Crippen LogP contribution in [0.4, 0.5) is 0 Å². The molecule has 0 saturated carbocycles. The van der Waals surface area contributed by atoms with E-state index in [0.717, 1.165) is 0 Å². The van der Waals surface area contributed by atoms with Gasteiger partial charge in [0, 0.05) is 38.8 Å². The summed E-state index contributed by atoms with van der Waals surface area (Å²) in [4.78, 5) is 28.9. The minimum absolute atomic E-state index is 0.0633. The molecule has 2 amide bonds. The molecule has 0 spiro atoms. The van der Waals surface area contributed by atoms with E-state index >= 15 is 0 Å². The van der Waals surface area contributed by atoms with E-state index < -0.39 is 0 Å². The van der Waals surface area contributed by atoms with Crippen LogP contribution in [0.2, 0.25) is 5.15 Å². The van der Waals surface area contributed by atoms with Gasteiger partial charge in [0.2, 0.25) is 0 Å². The number of benzene rings is 1. The molecule has 0 aliphatic carbocycles. The van der Waals surface area contributed by atoms with Crippen molar-refractivity contribution in [3.8, 4) is 5.75 Å². The first kappa shape index (κ1) is 18.3. The quantitative estimate of drug-likeness (QED) is 0.821. The maximum Gasteiger partial charge on any atom is 0.259 e. The van der Waals surface area contributed by atoms with Crippen LogP contribution in [0.5, 0.6) is 5.75 Å². The highest BCUT2D eigenvalue weighted by Crippen LogP contribution is 2.22.